The van der Waals surface area contributed by atoms with Gasteiger partial charge in [0.15, 0.2) is 5.78 Å². The Morgan fingerprint density at radius 3 is 2.27 bits per heavy atom. The molecule has 186 valence electrons. The van der Waals surface area contributed by atoms with Gasteiger partial charge in [-0.25, -0.2) is 4.98 Å². The van der Waals surface area contributed by atoms with Crippen LogP contribution in [0.2, 0.25) is 0 Å². The summed E-state index contributed by atoms with van der Waals surface area (Å²) >= 11 is 0. The number of aryl methyl sites for hydroxylation is 1. The third-order valence-corrected chi connectivity index (χ3v) is 6.35. The highest BCUT2D eigenvalue weighted by molar-refractivity contribution is 6.14. The van der Waals surface area contributed by atoms with Crippen molar-refractivity contribution in [1.82, 2.24) is 9.55 Å². The SMILES string of the molecule is Cc1nc2ccccc2c(=O)n1-c1ccc(Oc2ccc(N=CC3=C(O)CC(C)(C)CC3=O)cc2)cc1. The number of allylic oxidation sites excluding steroid dienone is 2. The van der Waals surface area contributed by atoms with Gasteiger partial charge in [0.05, 0.1) is 27.9 Å². The molecule has 1 aromatic heterocycles. The highest BCUT2D eigenvalue weighted by atomic mass is 16.5. The van der Waals surface area contributed by atoms with Crippen LogP contribution in [0.4, 0.5) is 5.69 Å². The Morgan fingerprint density at radius 2 is 1.59 bits per heavy atom. The van der Waals surface area contributed by atoms with Crippen LogP contribution in [0.25, 0.3) is 16.6 Å². The topological polar surface area (TPSA) is 93.8 Å². The van der Waals surface area contributed by atoms with Crippen LogP contribution >= 0.6 is 0 Å². The molecule has 0 fully saturated rings. The van der Waals surface area contributed by atoms with Crippen molar-refractivity contribution in [3.63, 3.8) is 0 Å². The van der Waals surface area contributed by atoms with Crippen molar-refractivity contribution in [1.29, 1.82) is 0 Å². The molecule has 0 bridgehead atoms. The van der Waals surface area contributed by atoms with E-state index in [-0.39, 0.29) is 28.1 Å². The first-order chi connectivity index (χ1) is 17.7. The molecule has 37 heavy (non-hydrogen) atoms. The maximum absolute atomic E-state index is 13.0. The van der Waals surface area contributed by atoms with Gasteiger partial charge in [-0.3, -0.25) is 19.1 Å². The van der Waals surface area contributed by atoms with Crippen molar-refractivity contribution >= 4 is 28.6 Å². The highest BCUT2D eigenvalue weighted by Gasteiger charge is 2.32. The molecular formula is C30H27N3O4. The number of rotatable bonds is 5. The Labute approximate surface area is 214 Å². The van der Waals surface area contributed by atoms with Crippen molar-refractivity contribution in [2.45, 2.75) is 33.6 Å². The van der Waals surface area contributed by atoms with Crippen LogP contribution in [0.3, 0.4) is 0 Å². The Hall–Kier alpha value is -4.52. The van der Waals surface area contributed by atoms with E-state index in [1.54, 1.807) is 47.0 Å². The van der Waals surface area contributed by atoms with Gasteiger partial charge in [-0.1, -0.05) is 26.0 Å². The number of hydrogen-bond acceptors (Lipinski definition) is 6. The van der Waals surface area contributed by atoms with Gasteiger partial charge >= 0.3 is 0 Å². The second-order valence-corrected chi connectivity index (χ2v) is 9.97. The number of aliphatic hydroxyl groups excluding tert-OH is 1. The number of ether oxygens (including phenoxy) is 1. The van der Waals surface area contributed by atoms with Crippen LogP contribution in [0.5, 0.6) is 11.5 Å². The van der Waals surface area contributed by atoms with Gasteiger partial charge in [0.1, 0.15) is 23.1 Å². The standard InChI is InChI=1S/C30H27N3O4/c1-19-32-26-7-5-4-6-24(26)29(36)33(19)21-10-14-23(15-11-21)37-22-12-8-20(9-13-22)31-18-25-27(34)16-30(2,3)17-28(25)35/h4-15,18,34H,16-17H2,1-3H3. The van der Waals surface area contributed by atoms with Crippen molar-refractivity contribution in [2.75, 3.05) is 0 Å². The van der Waals surface area contributed by atoms with Crippen LogP contribution in [-0.2, 0) is 4.79 Å². The van der Waals surface area contributed by atoms with Crippen molar-refractivity contribution in [2.24, 2.45) is 10.4 Å². The lowest BCUT2D eigenvalue weighted by molar-refractivity contribution is -0.117. The molecule has 7 nitrogen and oxygen atoms in total. The number of fused-ring (bicyclic) bond motifs is 1. The molecule has 0 saturated carbocycles. The molecule has 0 saturated heterocycles. The lowest BCUT2D eigenvalue weighted by atomic mass is 9.77. The van der Waals surface area contributed by atoms with Gasteiger partial charge in [0, 0.05) is 19.1 Å². The van der Waals surface area contributed by atoms with Crippen molar-refractivity contribution in [3.05, 3.63) is 100 Å². The molecule has 1 aliphatic carbocycles. The van der Waals surface area contributed by atoms with Crippen molar-refractivity contribution < 1.29 is 14.6 Å². The zero-order valence-electron chi connectivity index (χ0n) is 20.9. The summed E-state index contributed by atoms with van der Waals surface area (Å²) in [6.07, 6.45) is 2.28. The van der Waals surface area contributed by atoms with E-state index in [2.05, 4.69) is 9.98 Å². The predicted octanol–water partition coefficient (Wildman–Crippen LogP) is 6.39. The van der Waals surface area contributed by atoms with E-state index in [1.807, 2.05) is 51.1 Å². The van der Waals surface area contributed by atoms with Crippen LogP contribution in [0, 0.1) is 12.3 Å². The summed E-state index contributed by atoms with van der Waals surface area (Å²) in [6, 6.07) is 21.7. The van der Waals surface area contributed by atoms with Crippen molar-refractivity contribution in [3.8, 4) is 17.2 Å². The fourth-order valence-electron chi connectivity index (χ4n) is 4.53. The minimum absolute atomic E-state index is 0.0883. The number of aliphatic imine (C=N–C) groups is 1. The molecule has 0 amide bonds. The van der Waals surface area contributed by atoms with Crippen LogP contribution in [-0.4, -0.2) is 26.7 Å². The highest BCUT2D eigenvalue weighted by Crippen LogP contribution is 2.35. The average Bonchev–Trinajstić information content (AvgIpc) is 2.85. The first-order valence-corrected chi connectivity index (χ1v) is 12.1. The average molecular weight is 494 g/mol. The number of Topliss-reactive ketones (excluding diaryl/α,β-unsaturated/α-hetero) is 1. The number of aromatic nitrogens is 2. The smallest absolute Gasteiger partial charge is 0.265 e. The third-order valence-electron chi connectivity index (χ3n) is 6.35. The van der Waals surface area contributed by atoms with E-state index in [4.69, 9.17) is 4.74 Å². The van der Waals surface area contributed by atoms with E-state index in [0.29, 0.717) is 52.4 Å². The summed E-state index contributed by atoms with van der Waals surface area (Å²) in [7, 11) is 0. The Morgan fingerprint density at radius 1 is 0.946 bits per heavy atom. The van der Waals surface area contributed by atoms with Crippen LogP contribution < -0.4 is 10.3 Å². The first kappa shape index (κ1) is 24.2. The molecule has 5 rings (SSSR count). The third kappa shape index (κ3) is 5.07. The maximum atomic E-state index is 13.0. The molecule has 1 heterocycles. The summed E-state index contributed by atoms with van der Waals surface area (Å²) in [5.74, 6) is 1.83. The normalized spacial score (nSPS) is 15.5. The fraction of sp³-hybridized carbons (Fsp3) is 0.200. The summed E-state index contributed by atoms with van der Waals surface area (Å²) in [5, 5.41) is 10.8. The molecule has 0 atom stereocenters. The summed E-state index contributed by atoms with van der Waals surface area (Å²) < 4.78 is 7.54. The van der Waals surface area contributed by atoms with Gasteiger partial charge in [-0.15, -0.1) is 0 Å². The number of carbonyl (C=O) groups is 1. The second-order valence-electron chi connectivity index (χ2n) is 9.97. The van der Waals surface area contributed by atoms with Gasteiger partial charge in [0.25, 0.3) is 5.56 Å². The molecule has 1 N–H and O–H groups in total. The van der Waals surface area contributed by atoms with E-state index < -0.39 is 0 Å². The van der Waals surface area contributed by atoms with Gasteiger partial charge in [-0.05, 0) is 73.0 Å². The zero-order chi connectivity index (χ0) is 26.2. The van der Waals surface area contributed by atoms with Crippen LogP contribution in [0.1, 0.15) is 32.5 Å². The first-order valence-electron chi connectivity index (χ1n) is 12.1. The predicted molar refractivity (Wildman–Crippen MR) is 144 cm³/mol. The molecule has 1 aliphatic rings. The van der Waals surface area contributed by atoms with E-state index in [1.165, 1.54) is 6.21 Å². The lowest BCUT2D eigenvalue weighted by Gasteiger charge is -2.28. The van der Waals surface area contributed by atoms with E-state index >= 15 is 0 Å². The van der Waals surface area contributed by atoms with Gasteiger partial charge < -0.3 is 9.84 Å². The minimum Gasteiger partial charge on any atom is -0.511 e. The number of para-hydroxylation sites is 1. The number of ketones is 1. The Bertz CT molecular complexity index is 1610. The van der Waals surface area contributed by atoms with Gasteiger partial charge in [0.2, 0.25) is 0 Å². The molecule has 3 aromatic carbocycles. The van der Waals surface area contributed by atoms with Crippen LogP contribution in [0.15, 0.2) is 93.9 Å². The Balaban J connectivity index is 1.30. The van der Waals surface area contributed by atoms with Gasteiger partial charge in [-0.2, -0.15) is 0 Å². The molecular weight excluding hydrogens is 466 g/mol. The number of benzene rings is 3. The molecule has 7 heteroatoms. The number of nitrogens with zero attached hydrogens (tertiary/aromatic N) is 3. The monoisotopic (exact) mass is 493 g/mol. The fourth-order valence-corrected chi connectivity index (χ4v) is 4.53. The molecule has 0 radical (unpaired) electrons. The number of carbonyl (C=O) groups excluding carboxylic acids is 1. The van der Waals surface area contributed by atoms with E-state index in [0.717, 1.165) is 0 Å². The quantitative estimate of drug-likeness (QED) is 0.325. The van der Waals surface area contributed by atoms with E-state index in [9.17, 15) is 14.7 Å². The second kappa shape index (κ2) is 9.50. The largest absolute Gasteiger partial charge is 0.511 e. The minimum atomic E-state index is -0.239. The molecule has 0 unspecified atom stereocenters. The molecule has 0 aliphatic heterocycles. The number of hydrogen-bond donors (Lipinski definition) is 1. The number of aliphatic hydroxyl groups is 1. The molecule has 0 spiro atoms. The Kier molecular flexibility index (Phi) is 6.21. The lowest BCUT2D eigenvalue weighted by Crippen LogP contribution is -2.26. The zero-order valence-corrected chi connectivity index (χ0v) is 20.9. The summed E-state index contributed by atoms with van der Waals surface area (Å²) in [6.45, 7) is 5.73. The summed E-state index contributed by atoms with van der Waals surface area (Å²) in [4.78, 5) is 34.3. The molecule has 4 aromatic rings. The maximum Gasteiger partial charge on any atom is 0.265 e. The summed E-state index contributed by atoms with van der Waals surface area (Å²) in [5.41, 5.74) is 1.94.